The van der Waals surface area contributed by atoms with E-state index in [2.05, 4.69) is 23.9 Å². The molecule has 0 bridgehead atoms. The predicted molar refractivity (Wildman–Crippen MR) is 75.9 cm³/mol. The van der Waals surface area contributed by atoms with Crippen LogP contribution in [0.3, 0.4) is 0 Å². The van der Waals surface area contributed by atoms with Gasteiger partial charge in [-0.2, -0.15) is 0 Å². The second-order valence-electron chi connectivity index (χ2n) is 5.15. The lowest BCUT2D eigenvalue weighted by atomic mass is 10.1. The highest BCUT2D eigenvalue weighted by Gasteiger charge is 2.26. The van der Waals surface area contributed by atoms with E-state index < -0.39 is 0 Å². The van der Waals surface area contributed by atoms with Gasteiger partial charge in [0.2, 0.25) is 0 Å². The van der Waals surface area contributed by atoms with Crippen LogP contribution in [-0.4, -0.2) is 53.4 Å². The maximum absolute atomic E-state index is 12.6. The Bertz CT molecular complexity index is 432. The topological polar surface area (TPSA) is 62.5 Å². The molecule has 2 rings (SSSR count). The molecule has 2 heterocycles. The molecule has 2 N–H and O–H groups in total. The molecule has 1 saturated heterocycles. The smallest absolute Gasteiger partial charge is 0.255 e. The van der Waals surface area contributed by atoms with Crippen LogP contribution in [0.25, 0.3) is 0 Å². The molecular weight excluding hydrogens is 240 g/mol. The van der Waals surface area contributed by atoms with Crippen LogP contribution in [-0.2, 0) is 0 Å². The number of hydrogen-bond acceptors (Lipinski definition) is 4. The molecule has 1 amide bonds. The predicted octanol–water partition coefficient (Wildman–Crippen LogP) is 1.22. The molecule has 1 unspecified atom stereocenters. The number of amides is 1. The van der Waals surface area contributed by atoms with Gasteiger partial charge in [-0.1, -0.05) is 6.92 Å². The summed E-state index contributed by atoms with van der Waals surface area (Å²) in [4.78, 5) is 20.8. The van der Waals surface area contributed by atoms with E-state index in [1.807, 2.05) is 4.90 Å². The van der Waals surface area contributed by atoms with Crippen molar-refractivity contribution in [3.05, 3.63) is 23.9 Å². The normalized spacial score (nSPS) is 21.2. The van der Waals surface area contributed by atoms with Gasteiger partial charge in [0.1, 0.15) is 5.82 Å². The zero-order valence-electron chi connectivity index (χ0n) is 11.7. The van der Waals surface area contributed by atoms with Gasteiger partial charge in [0, 0.05) is 25.3 Å². The lowest BCUT2D eigenvalue weighted by molar-refractivity contribution is 0.0675. The first-order chi connectivity index (χ1) is 9.11. The zero-order valence-corrected chi connectivity index (χ0v) is 11.7. The second kappa shape index (κ2) is 6.02. The maximum Gasteiger partial charge on any atom is 0.255 e. The second-order valence-corrected chi connectivity index (χ2v) is 5.15. The van der Waals surface area contributed by atoms with Crippen molar-refractivity contribution in [1.29, 1.82) is 0 Å². The fourth-order valence-corrected chi connectivity index (χ4v) is 2.56. The molecule has 5 heteroatoms. The lowest BCUT2D eigenvalue weighted by Crippen LogP contribution is -2.43. The summed E-state index contributed by atoms with van der Waals surface area (Å²) in [7, 11) is 2.11. The van der Waals surface area contributed by atoms with Gasteiger partial charge in [-0.25, -0.2) is 4.98 Å². The molecule has 1 aromatic rings. The minimum Gasteiger partial charge on any atom is -0.384 e. The van der Waals surface area contributed by atoms with Crippen molar-refractivity contribution in [3.8, 4) is 0 Å². The Hall–Kier alpha value is -1.62. The molecule has 104 valence electrons. The van der Waals surface area contributed by atoms with Crippen LogP contribution in [0.4, 0.5) is 5.82 Å². The Morgan fingerprint density at radius 1 is 1.47 bits per heavy atom. The standard InChI is InChI=1S/C14H22N4O/c1-3-12-10-17(2)7-4-8-18(12)14(19)11-5-6-13(15)16-9-11/h5-6,9,12H,3-4,7-8,10H2,1-2H3,(H2,15,16). The third-order valence-corrected chi connectivity index (χ3v) is 3.67. The SMILES string of the molecule is CCC1CN(C)CCCN1C(=O)c1ccc(N)nc1. The third kappa shape index (κ3) is 3.23. The van der Waals surface area contributed by atoms with Crippen molar-refractivity contribution in [2.45, 2.75) is 25.8 Å². The average molecular weight is 262 g/mol. The number of likely N-dealkylation sites (N-methyl/N-ethyl adjacent to an activating group) is 1. The molecule has 0 aromatic carbocycles. The van der Waals surface area contributed by atoms with Crippen LogP contribution in [0, 0.1) is 0 Å². The van der Waals surface area contributed by atoms with Crippen molar-refractivity contribution >= 4 is 11.7 Å². The Morgan fingerprint density at radius 3 is 2.89 bits per heavy atom. The molecule has 19 heavy (non-hydrogen) atoms. The Morgan fingerprint density at radius 2 is 2.26 bits per heavy atom. The van der Waals surface area contributed by atoms with Gasteiger partial charge >= 0.3 is 0 Å². The van der Waals surface area contributed by atoms with Crippen molar-refractivity contribution in [2.24, 2.45) is 0 Å². The Kier molecular flexibility index (Phi) is 4.37. The minimum absolute atomic E-state index is 0.0645. The summed E-state index contributed by atoms with van der Waals surface area (Å²) in [5, 5.41) is 0. The van der Waals surface area contributed by atoms with Gasteiger partial charge in [-0.15, -0.1) is 0 Å². The molecule has 0 aliphatic carbocycles. The fraction of sp³-hybridized carbons (Fsp3) is 0.571. The summed E-state index contributed by atoms with van der Waals surface area (Å²) in [5.74, 6) is 0.508. The number of rotatable bonds is 2. The van der Waals surface area contributed by atoms with Gasteiger partial charge in [0.15, 0.2) is 0 Å². The van der Waals surface area contributed by atoms with Crippen LogP contribution in [0.15, 0.2) is 18.3 Å². The molecule has 1 atom stereocenters. The van der Waals surface area contributed by atoms with E-state index in [1.165, 1.54) is 0 Å². The summed E-state index contributed by atoms with van der Waals surface area (Å²) in [5.41, 5.74) is 6.18. The van der Waals surface area contributed by atoms with Crippen LogP contribution < -0.4 is 5.73 Å². The molecule has 0 radical (unpaired) electrons. The molecule has 0 spiro atoms. The van der Waals surface area contributed by atoms with Crippen LogP contribution >= 0.6 is 0 Å². The quantitative estimate of drug-likeness (QED) is 0.870. The van der Waals surface area contributed by atoms with Gasteiger partial charge in [-0.05, 0) is 38.6 Å². The number of nitrogens with two attached hydrogens (primary N) is 1. The van der Waals surface area contributed by atoms with E-state index in [1.54, 1.807) is 18.3 Å². The number of nitrogens with zero attached hydrogens (tertiary/aromatic N) is 3. The van der Waals surface area contributed by atoms with E-state index in [9.17, 15) is 4.79 Å². The number of aromatic nitrogens is 1. The number of pyridine rings is 1. The fourth-order valence-electron chi connectivity index (χ4n) is 2.56. The van der Waals surface area contributed by atoms with E-state index in [-0.39, 0.29) is 11.9 Å². The Balaban J connectivity index is 2.17. The number of hydrogen-bond donors (Lipinski definition) is 1. The molecule has 1 aliphatic heterocycles. The summed E-state index contributed by atoms with van der Waals surface area (Å²) < 4.78 is 0. The number of nitrogen functional groups attached to an aromatic ring is 1. The van der Waals surface area contributed by atoms with E-state index >= 15 is 0 Å². The zero-order chi connectivity index (χ0) is 13.8. The highest BCUT2D eigenvalue weighted by molar-refractivity contribution is 5.94. The number of anilines is 1. The maximum atomic E-state index is 12.6. The van der Waals surface area contributed by atoms with E-state index in [4.69, 9.17) is 5.73 Å². The number of carbonyl (C=O) groups is 1. The minimum atomic E-state index is 0.0645. The summed E-state index contributed by atoms with van der Waals surface area (Å²) >= 11 is 0. The van der Waals surface area contributed by atoms with Gasteiger partial charge in [0.25, 0.3) is 5.91 Å². The summed E-state index contributed by atoms with van der Waals surface area (Å²) in [6, 6.07) is 3.71. The number of carbonyl (C=O) groups excluding carboxylic acids is 1. The largest absolute Gasteiger partial charge is 0.384 e. The molecule has 1 aliphatic rings. The van der Waals surface area contributed by atoms with Crippen molar-refractivity contribution in [1.82, 2.24) is 14.8 Å². The van der Waals surface area contributed by atoms with Crippen molar-refractivity contribution in [2.75, 3.05) is 32.4 Å². The Labute approximate surface area is 114 Å². The van der Waals surface area contributed by atoms with Gasteiger partial charge in [-0.3, -0.25) is 4.79 Å². The summed E-state index contributed by atoms with van der Waals surface area (Å²) in [6.07, 6.45) is 3.55. The van der Waals surface area contributed by atoms with E-state index in [0.717, 1.165) is 32.5 Å². The molecule has 1 fully saturated rings. The van der Waals surface area contributed by atoms with Crippen LogP contribution in [0.1, 0.15) is 30.1 Å². The van der Waals surface area contributed by atoms with Crippen molar-refractivity contribution < 1.29 is 4.79 Å². The lowest BCUT2D eigenvalue weighted by Gasteiger charge is -2.30. The van der Waals surface area contributed by atoms with Crippen LogP contribution in [0.2, 0.25) is 0 Å². The highest BCUT2D eigenvalue weighted by Crippen LogP contribution is 2.16. The first-order valence-corrected chi connectivity index (χ1v) is 6.83. The molecule has 1 aromatic heterocycles. The molecular formula is C14H22N4O. The monoisotopic (exact) mass is 262 g/mol. The first-order valence-electron chi connectivity index (χ1n) is 6.83. The van der Waals surface area contributed by atoms with Crippen molar-refractivity contribution in [3.63, 3.8) is 0 Å². The first kappa shape index (κ1) is 13.8. The van der Waals surface area contributed by atoms with Crippen LogP contribution in [0.5, 0.6) is 0 Å². The average Bonchev–Trinajstić information content (AvgIpc) is 2.60. The van der Waals surface area contributed by atoms with Gasteiger partial charge in [0.05, 0.1) is 5.56 Å². The summed E-state index contributed by atoms with van der Waals surface area (Å²) in [6.45, 7) is 4.92. The highest BCUT2D eigenvalue weighted by atomic mass is 16.2. The van der Waals surface area contributed by atoms with Gasteiger partial charge < -0.3 is 15.5 Å². The molecule has 5 nitrogen and oxygen atoms in total. The third-order valence-electron chi connectivity index (χ3n) is 3.67. The van der Waals surface area contributed by atoms with E-state index in [0.29, 0.717) is 11.4 Å². The molecule has 0 saturated carbocycles.